The molecule has 0 bridgehead atoms. The van der Waals surface area contributed by atoms with Gasteiger partial charge in [-0.1, -0.05) is 42.5 Å². The summed E-state index contributed by atoms with van der Waals surface area (Å²) in [6.45, 7) is 6.55. The van der Waals surface area contributed by atoms with E-state index in [4.69, 9.17) is 9.47 Å². The van der Waals surface area contributed by atoms with E-state index in [1.54, 1.807) is 26.0 Å². The molecule has 2 amide bonds. The van der Waals surface area contributed by atoms with E-state index < -0.39 is 35.6 Å². The lowest BCUT2D eigenvalue weighted by Crippen LogP contribution is -2.50. The van der Waals surface area contributed by atoms with Crippen LogP contribution in [-0.4, -0.2) is 91.5 Å². The third kappa shape index (κ3) is 10.7. The highest BCUT2D eigenvalue weighted by molar-refractivity contribution is 5.98. The minimum Gasteiger partial charge on any atom is -0.433 e. The number of amides is 2. The van der Waals surface area contributed by atoms with Crippen LogP contribution in [0, 0.1) is 5.92 Å². The number of epoxide rings is 1. The topological polar surface area (TPSA) is 127 Å². The molecule has 2 aromatic rings. The van der Waals surface area contributed by atoms with E-state index in [1.807, 2.05) is 35.2 Å². The van der Waals surface area contributed by atoms with Crippen LogP contribution < -0.4 is 15.4 Å². The molecule has 0 aliphatic carbocycles. The van der Waals surface area contributed by atoms with Crippen molar-refractivity contribution in [2.45, 2.75) is 63.8 Å². The zero-order chi connectivity index (χ0) is 32.6. The van der Waals surface area contributed by atoms with E-state index in [9.17, 15) is 28.0 Å². The van der Waals surface area contributed by atoms with E-state index in [1.165, 1.54) is 12.1 Å². The van der Waals surface area contributed by atoms with Crippen molar-refractivity contribution in [1.82, 2.24) is 15.5 Å². The Hall–Kier alpha value is -3.74. The molecule has 4 rings (SSSR count). The molecule has 12 heteroatoms. The number of hydrogen-bond donors (Lipinski definition) is 2. The summed E-state index contributed by atoms with van der Waals surface area (Å²) in [5, 5.41) is 5.59. The molecule has 45 heavy (non-hydrogen) atoms. The lowest BCUT2D eigenvalue weighted by Gasteiger charge is -2.27. The summed E-state index contributed by atoms with van der Waals surface area (Å²) >= 11 is 0. The first-order valence-electron chi connectivity index (χ1n) is 15.1. The molecule has 2 aliphatic rings. The van der Waals surface area contributed by atoms with Crippen LogP contribution in [0.1, 0.15) is 38.3 Å². The van der Waals surface area contributed by atoms with Crippen molar-refractivity contribution in [3.63, 3.8) is 0 Å². The maximum Gasteiger partial charge on any atom is 0.394 e. The smallest absolute Gasteiger partial charge is 0.394 e. The van der Waals surface area contributed by atoms with Crippen LogP contribution in [-0.2, 0) is 41.5 Å². The molecule has 2 fully saturated rings. The number of halogens is 2. The molecule has 0 saturated carbocycles. The number of nitrogens with one attached hydrogen (secondary N) is 2. The zero-order valence-corrected chi connectivity index (χ0v) is 25.9. The number of benzene rings is 2. The van der Waals surface area contributed by atoms with Crippen LogP contribution in [0.25, 0.3) is 0 Å². The number of nitrogens with zero attached hydrogens (tertiary/aromatic N) is 1. The van der Waals surface area contributed by atoms with Crippen molar-refractivity contribution in [2.24, 2.45) is 5.92 Å². The summed E-state index contributed by atoms with van der Waals surface area (Å²) in [4.78, 5) is 55.1. The number of carbonyl (C=O) groups excluding carboxylic acids is 4. The highest BCUT2D eigenvalue weighted by Crippen LogP contribution is 2.29. The van der Waals surface area contributed by atoms with E-state index in [2.05, 4.69) is 15.4 Å². The van der Waals surface area contributed by atoms with Crippen LogP contribution in [0.5, 0.6) is 5.75 Å². The van der Waals surface area contributed by atoms with Gasteiger partial charge in [-0.05, 0) is 49.9 Å². The predicted molar refractivity (Wildman–Crippen MR) is 161 cm³/mol. The molecule has 0 spiro atoms. The Morgan fingerprint density at radius 3 is 2.20 bits per heavy atom. The molecule has 4 atom stereocenters. The standard InChI is InChI=1S/C33H41F2N3O7/c1-22(36-29(40)20-38-13-15-43-16-14-38)28(39)19-25(17-24-9-11-26(12-10-24)45-33(3,34)35)31(42)37-27(30(41)32(2)21-44-32)18-23-7-5-4-6-8-23/h4-12,22,25,27H,13-21H2,1-3H3,(H,36,40)(H,37,42)/t22-,25+,27-,32+/m0/s1. The number of ether oxygens (including phenoxy) is 3. The second kappa shape index (κ2) is 15.0. The van der Waals surface area contributed by atoms with Crippen LogP contribution in [0.15, 0.2) is 54.6 Å². The lowest BCUT2D eigenvalue weighted by molar-refractivity contribution is -0.159. The molecule has 0 aromatic heterocycles. The van der Waals surface area contributed by atoms with Gasteiger partial charge in [0.1, 0.15) is 11.4 Å². The fraction of sp³-hybridized carbons (Fsp3) is 0.515. The van der Waals surface area contributed by atoms with Crippen molar-refractivity contribution in [2.75, 3.05) is 39.5 Å². The Morgan fingerprint density at radius 2 is 1.60 bits per heavy atom. The highest BCUT2D eigenvalue weighted by Gasteiger charge is 2.50. The molecule has 2 N–H and O–H groups in total. The third-order valence-electron chi connectivity index (χ3n) is 7.87. The van der Waals surface area contributed by atoms with E-state index in [0.29, 0.717) is 38.8 Å². The summed E-state index contributed by atoms with van der Waals surface area (Å²) in [7, 11) is 0. The Labute approximate surface area is 261 Å². The molecular weight excluding hydrogens is 588 g/mol. The predicted octanol–water partition coefficient (Wildman–Crippen LogP) is 2.72. The second-order valence-corrected chi connectivity index (χ2v) is 11.9. The van der Waals surface area contributed by atoms with Crippen molar-refractivity contribution in [3.8, 4) is 5.75 Å². The van der Waals surface area contributed by atoms with Gasteiger partial charge in [0.15, 0.2) is 11.6 Å². The van der Waals surface area contributed by atoms with Crippen molar-refractivity contribution < 1.29 is 42.2 Å². The summed E-state index contributed by atoms with van der Waals surface area (Å²) in [6.07, 6.45) is -3.28. The minimum atomic E-state index is -3.36. The number of Topliss-reactive ketones (excluding diaryl/α,β-unsaturated/α-hetero) is 2. The Balaban J connectivity index is 1.48. The van der Waals surface area contributed by atoms with E-state index in [-0.39, 0.29) is 55.6 Å². The molecule has 0 radical (unpaired) electrons. The van der Waals surface area contributed by atoms with Crippen LogP contribution >= 0.6 is 0 Å². The number of carbonyl (C=O) groups is 4. The normalized spacial score (nSPS) is 20.4. The van der Waals surface area contributed by atoms with Crippen LogP contribution in [0.3, 0.4) is 0 Å². The molecular formula is C33H41F2N3O7. The van der Waals surface area contributed by atoms with Crippen molar-refractivity contribution in [3.05, 3.63) is 65.7 Å². The zero-order valence-electron chi connectivity index (χ0n) is 25.9. The average molecular weight is 630 g/mol. The summed E-state index contributed by atoms with van der Waals surface area (Å²) in [6, 6.07) is 13.3. The summed E-state index contributed by atoms with van der Waals surface area (Å²) in [5.41, 5.74) is 0.448. The highest BCUT2D eigenvalue weighted by atomic mass is 19.3. The van der Waals surface area contributed by atoms with Crippen molar-refractivity contribution in [1.29, 1.82) is 0 Å². The summed E-state index contributed by atoms with van der Waals surface area (Å²) < 4.78 is 41.9. The van der Waals surface area contributed by atoms with Gasteiger partial charge in [0.2, 0.25) is 11.8 Å². The van der Waals surface area contributed by atoms with Gasteiger partial charge < -0.3 is 24.8 Å². The number of morpholine rings is 1. The largest absolute Gasteiger partial charge is 0.433 e. The Kier molecular flexibility index (Phi) is 11.4. The van der Waals surface area contributed by atoms with Gasteiger partial charge in [0.05, 0.1) is 38.4 Å². The van der Waals surface area contributed by atoms with Gasteiger partial charge in [0.25, 0.3) is 0 Å². The van der Waals surface area contributed by atoms with E-state index in [0.717, 1.165) is 5.56 Å². The first-order valence-corrected chi connectivity index (χ1v) is 15.1. The van der Waals surface area contributed by atoms with Gasteiger partial charge in [0, 0.05) is 32.4 Å². The molecule has 244 valence electrons. The number of alkyl halides is 2. The number of rotatable bonds is 16. The van der Waals surface area contributed by atoms with Crippen molar-refractivity contribution >= 4 is 23.4 Å². The molecule has 10 nitrogen and oxygen atoms in total. The first-order chi connectivity index (χ1) is 21.3. The average Bonchev–Trinajstić information content (AvgIpc) is 3.75. The maximum atomic E-state index is 13.8. The monoisotopic (exact) mass is 629 g/mol. The summed E-state index contributed by atoms with van der Waals surface area (Å²) in [5.74, 6) is -2.43. The van der Waals surface area contributed by atoms with Gasteiger partial charge in [-0.2, -0.15) is 8.78 Å². The minimum absolute atomic E-state index is 0.0499. The molecule has 2 heterocycles. The van der Waals surface area contributed by atoms with Gasteiger partial charge in [-0.15, -0.1) is 0 Å². The van der Waals surface area contributed by atoms with Gasteiger partial charge >= 0.3 is 6.11 Å². The SMILES string of the molecule is C[C@H](NC(=O)CN1CCOCC1)C(=O)C[C@@H](Cc1ccc(OC(C)(F)F)cc1)C(=O)N[C@@H](Cc1ccccc1)C(=O)[C@@]1(C)CO1. The van der Waals surface area contributed by atoms with Gasteiger partial charge in [-0.25, -0.2) is 0 Å². The third-order valence-corrected chi connectivity index (χ3v) is 7.87. The quantitative estimate of drug-likeness (QED) is 0.272. The molecule has 2 saturated heterocycles. The first kappa shape index (κ1) is 34.1. The Bertz CT molecular complexity index is 1320. The molecule has 2 aromatic carbocycles. The fourth-order valence-corrected chi connectivity index (χ4v) is 5.16. The molecule has 2 aliphatic heterocycles. The second-order valence-electron chi connectivity index (χ2n) is 11.9. The Morgan fingerprint density at radius 1 is 0.978 bits per heavy atom. The fourth-order valence-electron chi connectivity index (χ4n) is 5.16. The number of ketones is 2. The van der Waals surface area contributed by atoms with Crippen LogP contribution in [0.4, 0.5) is 8.78 Å². The lowest BCUT2D eigenvalue weighted by atomic mass is 9.89. The van der Waals surface area contributed by atoms with Gasteiger partial charge in [-0.3, -0.25) is 24.1 Å². The van der Waals surface area contributed by atoms with E-state index >= 15 is 0 Å². The molecule has 0 unspecified atom stereocenters. The number of hydrogen-bond acceptors (Lipinski definition) is 8. The maximum absolute atomic E-state index is 13.8. The van der Waals surface area contributed by atoms with Crippen LogP contribution in [0.2, 0.25) is 0 Å².